The van der Waals surface area contributed by atoms with Crippen LogP contribution in [0.4, 0.5) is 17.5 Å². The molecule has 1 atom stereocenters. The lowest BCUT2D eigenvalue weighted by Gasteiger charge is -2.15. The highest BCUT2D eigenvalue weighted by atomic mass is 16.5. The van der Waals surface area contributed by atoms with Crippen molar-refractivity contribution in [2.24, 2.45) is 0 Å². The summed E-state index contributed by atoms with van der Waals surface area (Å²) in [6, 6.07) is 7.81. The molecule has 0 saturated heterocycles. The minimum absolute atomic E-state index is 0.320. The van der Waals surface area contributed by atoms with E-state index in [1.807, 2.05) is 31.2 Å². The third kappa shape index (κ3) is 4.48. The van der Waals surface area contributed by atoms with E-state index in [-0.39, 0.29) is 0 Å². The molecule has 0 spiro atoms. The Balaban J connectivity index is 2.26. The van der Waals surface area contributed by atoms with Crippen molar-refractivity contribution in [3.8, 4) is 11.5 Å². The molecule has 0 radical (unpaired) electrons. The predicted molar refractivity (Wildman–Crippen MR) is 93.0 cm³/mol. The third-order valence-electron chi connectivity index (χ3n) is 3.51. The summed E-state index contributed by atoms with van der Waals surface area (Å²) in [7, 11) is 3.25. The number of rotatable bonds is 7. The largest absolute Gasteiger partial charge is 0.497 e. The van der Waals surface area contributed by atoms with Crippen LogP contribution in [0.5, 0.6) is 11.5 Å². The number of methoxy groups -OCH3 is 2. The number of hydrogen-bond acceptors (Lipinski definition) is 6. The van der Waals surface area contributed by atoms with Gasteiger partial charge in [0.2, 0.25) is 5.95 Å². The second-order valence-corrected chi connectivity index (χ2v) is 5.36. The zero-order valence-electron chi connectivity index (χ0n) is 14.3. The van der Waals surface area contributed by atoms with Crippen LogP contribution in [0.15, 0.2) is 24.3 Å². The standard InChI is InChI=1S/C17H24N4O2/c1-6-11(2)18-17-19-12(3)9-16(21-17)20-14-8-7-13(22-4)10-15(14)23-5/h7-11H,6H2,1-5H3,(H2,18,19,20,21). The quantitative estimate of drug-likeness (QED) is 0.810. The third-order valence-corrected chi connectivity index (χ3v) is 3.51. The minimum Gasteiger partial charge on any atom is -0.497 e. The van der Waals surface area contributed by atoms with Crippen LogP contribution in [-0.2, 0) is 0 Å². The topological polar surface area (TPSA) is 68.3 Å². The Morgan fingerprint density at radius 1 is 1.13 bits per heavy atom. The first kappa shape index (κ1) is 16.9. The van der Waals surface area contributed by atoms with Crippen molar-refractivity contribution < 1.29 is 9.47 Å². The molecule has 23 heavy (non-hydrogen) atoms. The molecule has 124 valence electrons. The van der Waals surface area contributed by atoms with Crippen LogP contribution in [0.25, 0.3) is 0 Å². The van der Waals surface area contributed by atoms with E-state index in [0.717, 1.165) is 23.6 Å². The van der Waals surface area contributed by atoms with E-state index < -0.39 is 0 Å². The van der Waals surface area contributed by atoms with E-state index in [1.54, 1.807) is 14.2 Å². The summed E-state index contributed by atoms with van der Waals surface area (Å²) in [6.45, 7) is 6.17. The fourth-order valence-corrected chi connectivity index (χ4v) is 2.06. The molecular weight excluding hydrogens is 292 g/mol. The van der Waals surface area contributed by atoms with Gasteiger partial charge in [-0.1, -0.05) is 6.92 Å². The fourth-order valence-electron chi connectivity index (χ4n) is 2.06. The fraction of sp³-hybridized carbons (Fsp3) is 0.412. The first-order valence-electron chi connectivity index (χ1n) is 7.67. The van der Waals surface area contributed by atoms with Crippen molar-refractivity contribution in [3.05, 3.63) is 30.0 Å². The van der Waals surface area contributed by atoms with Gasteiger partial charge in [-0.15, -0.1) is 0 Å². The van der Waals surface area contributed by atoms with Crippen LogP contribution in [0.1, 0.15) is 26.0 Å². The Kier molecular flexibility index (Phi) is 5.62. The molecule has 0 bridgehead atoms. The number of nitrogens with one attached hydrogen (secondary N) is 2. The molecule has 1 aromatic heterocycles. The van der Waals surface area contributed by atoms with Gasteiger partial charge in [0, 0.05) is 23.9 Å². The number of ether oxygens (including phenoxy) is 2. The smallest absolute Gasteiger partial charge is 0.225 e. The molecule has 6 heteroatoms. The number of aryl methyl sites for hydroxylation is 1. The zero-order chi connectivity index (χ0) is 16.8. The summed E-state index contributed by atoms with van der Waals surface area (Å²) in [5, 5.41) is 6.57. The van der Waals surface area contributed by atoms with E-state index in [0.29, 0.717) is 23.6 Å². The van der Waals surface area contributed by atoms with Crippen LogP contribution in [0, 0.1) is 6.92 Å². The SMILES string of the molecule is CCC(C)Nc1nc(C)cc(Nc2ccc(OC)cc2OC)n1. The van der Waals surface area contributed by atoms with Gasteiger partial charge >= 0.3 is 0 Å². The predicted octanol–water partition coefficient (Wildman–Crippen LogP) is 3.76. The van der Waals surface area contributed by atoms with Crippen molar-refractivity contribution in [1.82, 2.24) is 9.97 Å². The van der Waals surface area contributed by atoms with E-state index in [4.69, 9.17) is 9.47 Å². The van der Waals surface area contributed by atoms with Gasteiger partial charge in [-0.05, 0) is 32.4 Å². The van der Waals surface area contributed by atoms with Gasteiger partial charge in [-0.3, -0.25) is 0 Å². The lowest BCUT2D eigenvalue weighted by molar-refractivity contribution is 0.395. The van der Waals surface area contributed by atoms with Crippen LogP contribution in [-0.4, -0.2) is 30.2 Å². The number of anilines is 3. The lowest BCUT2D eigenvalue weighted by atomic mass is 10.2. The molecule has 0 saturated carbocycles. The van der Waals surface area contributed by atoms with Crippen molar-refractivity contribution in [1.29, 1.82) is 0 Å². The van der Waals surface area contributed by atoms with E-state index in [9.17, 15) is 0 Å². The summed E-state index contributed by atoms with van der Waals surface area (Å²) < 4.78 is 10.6. The van der Waals surface area contributed by atoms with Crippen LogP contribution in [0.3, 0.4) is 0 Å². The van der Waals surface area contributed by atoms with Crippen molar-refractivity contribution in [2.45, 2.75) is 33.2 Å². The molecule has 0 aliphatic carbocycles. The molecule has 2 rings (SSSR count). The Labute approximate surface area is 137 Å². The van der Waals surface area contributed by atoms with Crippen molar-refractivity contribution in [3.63, 3.8) is 0 Å². The van der Waals surface area contributed by atoms with E-state index in [1.165, 1.54) is 0 Å². The van der Waals surface area contributed by atoms with Gasteiger partial charge < -0.3 is 20.1 Å². The maximum absolute atomic E-state index is 5.40. The number of nitrogens with zero attached hydrogens (tertiary/aromatic N) is 2. The average Bonchev–Trinajstić information content (AvgIpc) is 2.54. The van der Waals surface area contributed by atoms with Gasteiger partial charge in [0.05, 0.1) is 19.9 Å². The van der Waals surface area contributed by atoms with Gasteiger partial charge in [0.15, 0.2) is 0 Å². The summed E-state index contributed by atoms with van der Waals surface area (Å²) in [5.74, 6) is 2.77. The maximum atomic E-state index is 5.40. The normalized spacial score (nSPS) is 11.7. The first-order chi connectivity index (χ1) is 11.0. The van der Waals surface area contributed by atoms with Crippen LogP contribution >= 0.6 is 0 Å². The summed E-state index contributed by atoms with van der Waals surface area (Å²) >= 11 is 0. The molecule has 0 fully saturated rings. The minimum atomic E-state index is 0.320. The molecule has 2 aromatic rings. The molecule has 0 aliphatic rings. The van der Waals surface area contributed by atoms with Gasteiger partial charge in [0.25, 0.3) is 0 Å². The number of benzene rings is 1. The zero-order valence-corrected chi connectivity index (χ0v) is 14.3. The molecule has 2 N–H and O–H groups in total. The van der Waals surface area contributed by atoms with Gasteiger partial charge in [-0.2, -0.15) is 4.98 Å². The second kappa shape index (κ2) is 7.67. The maximum Gasteiger partial charge on any atom is 0.225 e. The monoisotopic (exact) mass is 316 g/mol. The van der Waals surface area contributed by atoms with Gasteiger partial charge in [0.1, 0.15) is 17.3 Å². The Hall–Kier alpha value is -2.50. The summed E-state index contributed by atoms with van der Waals surface area (Å²) in [5.41, 5.74) is 1.71. The molecule has 0 amide bonds. The summed E-state index contributed by atoms with van der Waals surface area (Å²) in [4.78, 5) is 8.93. The van der Waals surface area contributed by atoms with Crippen LogP contribution in [0.2, 0.25) is 0 Å². The van der Waals surface area contributed by atoms with Gasteiger partial charge in [-0.25, -0.2) is 4.98 Å². The molecule has 6 nitrogen and oxygen atoms in total. The van der Waals surface area contributed by atoms with Crippen LogP contribution < -0.4 is 20.1 Å². The molecule has 0 aliphatic heterocycles. The Morgan fingerprint density at radius 3 is 2.57 bits per heavy atom. The van der Waals surface area contributed by atoms with Crippen molar-refractivity contribution >= 4 is 17.5 Å². The molecule has 1 heterocycles. The highest BCUT2D eigenvalue weighted by Gasteiger charge is 2.09. The Morgan fingerprint density at radius 2 is 1.91 bits per heavy atom. The Bertz CT molecular complexity index is 661. The molecular formula is C17H24N4O2. The van der Waals surface area contributed by atoms with E-state index >= 15 is 0 Å². The average molecular weight is 316 g/mol. The lowest BCUT2D eigenvalue weighted by Crippen LogP contribution is -2.16. The first-order valence-corrected chi connectivity index (χ1v) is 7.67. The highest BCUT2D eigenvalue weighted by molar-refractivity contribution is 5.66. The molecule has 1 aromatic carbocycles. The molecule has 1 unspecified atom stereocenters. The van der Waals surface area contributed by atoms with Crippen molar-refractivity contribution in [2.75, 3.05) is 24.9 Å². The van der Waals surface area contributed by atoms with E-state index in [2.05, 4.69) is 34.4 Å². The number of hydrogen-bond donors (Lipinski definition) is 2. The highest BCUT2D eigenvalue weighted by Crippen LogP contribution is 2.31. The summed E-state index contributed by atoms with van der Waals surface area (Å²) in [6.07, 6.45) is 1.01. The second-order valence-electron chi connectivity index (χ2n) is 5.36. The number of aromatic nitrogens is 2.